The SMILES string of the molecule is CCC(C)(OC)c1noc(C(C)=O)n1. The van der Waals surface area contributed by atoms with E-state index >= 15 is 0 Å². The van der Waals surface area contributed by atoms with Crippen LogP contribution in [0.4, 0.5) is 0 Å². The van der Waals surface area contributed by atoms with E-state index in [9.17, 15) is 4.79 Å². The molecule has 1 atom stereocenters. The van der Waals surface area contributed by atoms with E-state index in [1.54, 1.807) is 7.11 Å². The summed E-state index contributed by atoms with van der Waals surface area (Å²) in [6.07, 6.45) is 0.709. The number of aromatic nitrogens is 2. The Bertz CT molecular complexity index is 329. The molecule has 1 aromatic heterocycles. The highest BCUT2D eigenvalue weighted by Gasteiger charge is 2.30. The molecule has 1 rings (SSSR count). The third-order valence-electron chi connectivity index (χ3n) is 2.33. The fraction of sp³-hybridized carbons (Fsp3) is 0.667. The third-order valence-corrected chi connectivity index (χ3v) is 2.33. The predicted molar refractivity (Wildman–Crippen MR) is 49.0 cm³/mol. The maximum Gasteiger partial charge on any atom is 0.293 e. The molecule has 14 heavy (non-hydrogen) atoms. The summed E-state index contributed by atoms with van der Waals surface area (Å²) in [6.45, 7) is 5.18. The average molecular weight is 198 g/mol. The van der Waals surface area contributed by atoms with Gasteiger partial charge in [-0.05, 0) is 13.3 Å². The minimum atomic E-state index is -0.586. The van der Waals surface area contributed by atoms with Gasteiger partial charge in [0.1, 0.15) is 5.60 Å². The van der Waals surface area contributed by atoms with Crippen molar-refractivity contribution in [3.8, 4) is 0 Å². The first-order chi connectivity index (χ1) is 6.53. The molecule has 5 nitrogen and oxygen atoms in total. The lowest BCUT2D eigenvalue weighted by atomic mass is 10.0. The van der Waals surface area contributed by atoms with Crippen LogP contribution >= 0.6 is 0 Å². The van der Waals surface area contributed by atoms with Gasteiger partial charge in [0, 0.05) is 14.0 Å². The highest BCUT2D eigenvalue weighted by atomic mass is 16.5. The summed E-state index contributed by atoms with van der Waals surface area (Å²) in [5, 5.41) is 3.72. The van der Waals surface area contributed by atoms with E-state index in [-0.39, 0.29) is 11.7 Å². The lowest BCUT2D eigenvalue weighted by Crippen LogP contribution is -2.24. The molecule has 5 heteroatoms. The largest absolute Gasteiger partial charge is 0.370 e. The Morgan fingerprint density at radius 3 is 2.64 bits per heavy atom. The zero-order chi connectivity index (χ0) is 10.8. The highest BCUT2D eigenvalue weighted by molar-refractivity contribution is 5.89. The fourth-order valence-electron chi connectivity index (χ4n) is 0.975. The first-order valence-electron chi connectivity index (χ1n) is 4.43. The maximum atomic E-state index is 10.9. The number of rotatable bonds is 4. The highest BCUT2D eigenvalue weighted by Crippen LogP contribution is 2.25. The van der Waals surface area contributed by atoms with Crippen molar-refractivity contribution < 1.29 is 14.1 Å². The molecule has 0 aliphatic carbocycles. The molecule has 0 amide bonds. The number of ether oxygens (including phenoxy) is 1. The van der Waals surface area contributed by atoms with Gasteiger partial charge in [0.2, 0.25) is 11.6 Å². The molecule has 1 heterocycles. The third kappa shape index (κ3) is 1.82. The van der Waals surface area contributed by atoms with E-state index in [0.717, 1.165) is 0 Å². The lowest BCUT2D eigenvalue weighted by Gasteiger charge is -2.21. The number of hydrogen-bond donors (Lipinski definition) is 0. The van der Waals surface area contributed by atoms with Gasteiger partial charge in [-0.2, -0.15) is 4.98 Å². The Kier molecular flexibility index (Phi) is 3.00. The summed E-state index contributed by atoms with van der Waals surface area (Å²) in [6, 6.07) is 0. The smallest absolute Gasteiger partial charge is 0.293 e. The van der Waals surface area contributed by atoms with Crippen molar-refractivity contribution in [2.24, 2.45) is 0 Å². The Hall–Kier alpha value is -1.23. The first-order valence-corrected chi connectivity index (χ1v) is 4.43. The molecule has 0 fully saturated rings. The van der Waals surface area contributed by atoms with Crippen LogP contribution in [0.5, 0.6) is 0 Å². The number of carbonyl (C=O) groups is 1. The Balaban J connectivity index is 3.01. The summed E-state index contributed by atoms with van der Waals surface area (Å²) >= 11 is 0. The monoisotopic (exact) mass is 198 g/mol. The van der Waals surface area contributed by atoms with Gasteiger partial charge in [-0.15, -0.1) is 0 Å². The van der Waals surface area contributed by atoms with Crippen molar-refractivity contribution in [1.29, 1.82) is 0 Å². The first kappa shape index (κ1) is 10.8. The molecule has 0 spiro atoms. The Morgan fingerprint density at radius 1 is 1.64 bits per heavy atom. The van der Waals surface area contributed by atoms with E-state index in [2.05, 4.69) is 10.1 Å². The molecule has 1 aromatic rings. The number of carbonyl (C=O) groups excluding carboxylic acids is 1. The van der Waals surface area contributed by atoms with Gasteiger partial charge in [0.25, 0.3) is 5.89 Å². The van der Waals surface area contributed by atoms with Crippen LogP contribution in [0.1, 0.15) is 43.7 Å². The van der Waals surface area contributed by atoms with Crippen molar-refractivity contribution in [2.45, 2.75) is 32.8 Å². The predicted octanol–water partition coefficient (Wildman–Crippen LogP) is 1.54. The van der Waals surface area contributed by atoms with Crippen molar-refractivity contribution in [3.05, 3.63) is 11.7 Å². The van der Waals surface area contributed by atoms with E-state index < -0.39 is 5.60 Å². The van der Waals surface area contributed by atoms with E-state index in [4.69, 9.17) is 9.26 Å². The molecule has 1 unspecified atom stereocenters. The summed E-state index contributed by atoms with van der Waals surface area (Å²) in [5.41, 5.74) is -0.586. The minimum absolute atomic E-state index is 0.0247. The molecule has 0 aromatic carbocycles. The van der Waals surface area contributed by atoms with E-state index in [1.807, 2.05) is 13.8 Å². The molecule has 0 bridgehead atoms. The topological polar surface area (TPSA) is 65.2 Å². The molecule has 0 radical (unpaired) electrons. The second kappa shape index (κ2) is 3.88. The van der Waals surface area contributed by atoms with Crippen molar-refractivity contribution in [3.63, 3.8) is 0 Å². The number of ketones is 1. The minimum Gasteiger partial charge on any atom is -0.370 e. The van der Waals surface area contributed by atoms with Crippen LogP contribution in [0, 0.1) is 0 Å². The summed E-state index contributed by atoms with van der Waals surface area (Å²) < 4.78 is 10.1. The van der Waals surface area contributed by atoms with Gasteiger partial charge in [0.15, 0.2) is 0 Å². The average Bonchev–Trinajstić information content (AvgIpc) is 2.66. The normalized spacial score (nSPS) is 15.1. The van der Waals surface area contributed by atoms with Crippen molar-refractivity contribution >= 4 is 5.78 Å². The van der Waals surface area contributed by atoms with Gasteiger partial charge in [-0.25, -0.2) is 0 Å². The standard InChI is InChI=1S/C9H14N2O3/c1-5-9(3,13-4)8-10-7(6(2)12)14-11-8/h5H2,1-4H3. The van der Waals surface area contributed by atoms with Crippen LogP contribution in [-0.4, -0.2) is 23.0 Å². The summed E-state index contributed by atoms with van der Waals surface area (Å²) in [7, 11) is 1.58. The number of methoxy groups -OCH3 is 1. The molecule has 78 valence electrons. The zero-order valence-corrected chi connectivity index (χ0v) is 8.83. The van der Waals surface area contributed by atoms with Crippen molar-refractivity contribution in [2.75, 3.05) is 7.11 Å². The van der Waals surface area contributed by atoms with Crippen LogP contribution < -0.4 is 0 Å². The maximum absolute atomic E-state index is 10.9. The van der Waals surface area contributed by atoms with Crippen LogP contribution in [-0.2, 0) is 10.3 Å². The van der Waals surface area contributed by atoms with Gasteiger partial charge in [-0.3, -0.25) is 4.79 Å². The molecule has 0 aliphatic heterocycles. The van der Waals surface area contributed by atoms with Crippen molar-refractivity contribution in [1.82, 2.24) is 10.1 Å². The Labute approximate surface area is 82.4 Å². The van der Waals surface area contributed by atoms with Crippen LogP contribution in [0.3, 0.4) is 0 Å². The second-order valence-electron chi connectivity index (χ2n) is 3.27. The summed E-state index contributed by atoms with van der Waals surface area (Å²) in [4.78, 5) is 14.9. The molecule has 0 aliphatic rings. The van der Waals surface area contributed by atoms with Gasteiger partial charge < -0.3 is 9.26 Å². The van der Waals surface area contributed by atoms with Gasteiger partial charge >= 0.3 is 0 Å². The van der Waals surface area contributed by atoms with E-state index in [1.165, 1.54) is 6.92 Å². The molecule has 0 N–H and O–H groups in total. The zero-order valence-electron chi connectivity index (χ0n) is 8.83. The summed E-state index contributed by atoms with van der Waals surface area (Å²) in [5.74, 6) is 0.197. The number of nitrogens with zero attached hydrogens (tertiary/aromatic N) is 2. The second-order valence-corrected chi connectivity index (χ2v) is 3.27. The molecular formula is C9H14N2O3. The molecular weight excluding hydrogens is 184 g/mol. The van der Waals surface area contributed by atoms with E-state index in [0.29, 0.717) is 12.2 Å². The molecule has 0 saturated heterocycles. The van der Waals surface area contributed by atoms with Crippen LogP contribution in [0.25, 0.3) is 0 Å². The fourth-order valence-corrected chi connectivity index (χ4v) is 0.975. The molecule has 0 saturated carbocycles. The number of Topliss-reactive ketones (excluding diaryl/α,β-unsaturated/α-hetero) is 1. The van der Waals surface area contributed by atoms with Crippen LogP contribution in [0.2, 0.25) is 0 Å². The van der Waals surface area contributed by atoms with Gasteiger partial charge in [-0.1, -0.05) is 12.1 Å². The Morgan fingerprint density at radius 2 is 2.29 bits per heavy atom. The lowest BCUT2D eigenvalue weighted by molar-refractivity contribution is -0.0106. The van der Waals surface area contributed by atoms with Crippen LogP contribution in [0.15, 0.2) is 4.52 Å². The quantitative estimate of drug-likeness (QED) is 0.686. The van der Waals surface area contributed by atoms with Gasteiger partial charge in [0.05, 0.1) is 0 Å². The number of hydrogen-bond acceptors (Lipinski definition) is 5.